The number of nitrogens with zero attached hydrogens (tertiary/aromatic N) is 2. The molecule has 2 heterocycles. The number of hydrogen-bond acceptors (Lipinski definition) is 2. The molecule has 88 valence electrons. The van der Waals surface area contributed by atoms with Gasteiger partial charge >= 0.3 is 0 Å². The molecule has 2 heteroatoms. The van der Waals surface area contributed by atoms with Gasteiger partial charge in [0.05, 0.1) is 0 Å². The highest BCUT2D eigenvalue weighted by Crippen LogP contribution is 2.40. The molecule has 0 radical (unpaired) electrons. The lowest BCUT2D eigenvalue weighted by atomic mass is 9.78. The highest BCUT2D eigenvalue weighted by molar-refractivity contribution is 4.96. The van der Waals surface area contributed by atoms with E-state index in [1.54, 1.807) is 0 Å². The van der Waals surface area contributed by atoms with Gasteiger partial charge < -0.3 is 4.90 Å². The van der Waals surface area contributed by atoms with E-state index in [0.29, 0.717) is 11.0 Å². The van der Waals surface area contributed by atoms with Gasteiger partial charge in [0.15, 0.2) is 0 Å². The Labute approximate surface area is 94.6 Å². The summed E-state index contributed by atoms with van der Waals surface area (Å²) in [5, 5.41) is 0. The minimum Gasteiger partial charge on any atom is -0.306 e. The van der Waals surface area contributed by atoms with Gasteiger partial charge in [0.25, 0.3) is 0 Å². The Kier molecular flexibility index (Phi) is 2.85. The average molecular weight is 210 g/mol. The quantitative estimate of drug-likeness (QED) is 0.605. The van der Waals surface area contributed by atoms with Crippen molar-refractivity contribution in [2.45, 2.75) is 45.6 Å². The van der Waals surface area contributed by atoms with Crippen LogP contribution in [0.15, 0.2) is 0 Å². The van der Waals surface area contributed by atoms with Gasteiger partial charge in [0, 0.05) is 18.6 Å². The molecule has 0 aromatic carbocycles. The van der Waals surface area contributed by atoms with Crippen molar-refractivity contribution in [3.63, 3.8) is 0 Å². The van der Waals surface area contributed by atoms with Crippen molar-refractivity contribution < 1.29 is 0 Å². The first-order chi connectivity index (χ1) is 6.91. The monoisotopic (exact) mass is 210 g/mol. The van der Waals surface area contributed by atoms with Crippen LogP contribution >= 0.6 is 0 Å². The van der Waals surface area contributed by atoms with Crippen LogP contribution in [-0.4, -0.2) is 48.6 Å². The lowest BCUT2D eigenvalue weighted by molar-refractivity contribution is 0.0308. The van der Waals surface area contributed by atoms with Crippen molar-refractivity contribution in [3.05, 3.63) is 0 Å². The van der Waals surface area contributed by atoms with Crippen LogP contribution in [0.5, 0.6) is 0 Å². The zero-order valence-electron chi connectivity index (χ0n) is 10.8. The highest BCUT2D eigenvalue weighted by Gasteiger charge is 2.42. The third kappa shape index (κ3) is 2.36. The van der Waals surface area contributed by atoms with E-state index in [2.05, 4.69) is 37.6 Å². The zero-order valence-corrected chi connectivity index (χ0v) is 10.8. The number of piperidine rings is 1. The van der Waals surface area contributed by atoms with Gasteiger partial charge in [-0.25, -0.2) is 0 Å². The van der Waals surface area contributed by atoms with Crippen molar-refractivity contribution in [3.8, 4) is 0 Å². The van der Waals surface area contributed by atoms with Gasteiger partial charge in [-0.05, 0) is 65.6 Å². The predicted molar refractivity (Wildman–Crippen MR) is 65.1 cm³/mol. The average Bonchev–Trinajstić information content (AvgIpc) is 2.46. The number of rotatable bonds is 0. The van der Waals surface area contributed by atoms with Gasteiger partial charge in [-0.2, -0.15) is 0 Å². The van der Waals surface area contributed by atoms with Crippen molar-refractivity contribution in [2.75, 3.05) is 33.2 Å². The molecule has 0 aliphatic carbocycles. The maximum Gasteiger partial charge on any atom is 0.0125 e. The van der Waals surface area contributed by atoms with Gasteiger partial charge in [0.2, 0.25) is 0 Å². The maximum absolute atomic E-state index is 2.69. The molecule has 2 nitrogen and oxygen atoms in total. The normalized spacial score (nSPS) is 35.2. The topological polar surface area (TPSA) is 6.48 Å². The van der Waals surface area contributed by atoms with E-state index in [1.807, 2.05) is 0 Å². The Hall–Kier alpha value is -0.0800. The molecular weight excluding hydrogens is 184 g/mol. The fourth-order valence-corrected chi connectivity index (χ4v) is 3.27. The first-order valence-electron chi connectivity index (χ1n) is 6.35. The predicted octanol–water partition coefficient (Wildman–Crippen LogP) is 2.20. The summed E-state index contributed by atoms with van der Waals surface area (Å²) in [7, 11) is 2.27. The fourth-order valence-electron chi connectivity index (χ4n) is 3.27. The Morgan fingerprint density at radius 3 is 2.27 bits per heavy atom. The number of likely N-dealkylation sites (tertiary alicyclic amines) is 2. The second-order valence-corrected chi connectivity index (χ2v) is 6.68. The van der Waals surface area contributed by atoms with Crippen LogP contribution in [0.1, 0.15) is 40.0 Å². The van der Waals surface area contributed by atoms with Crippen molar-refractivity contribution >= 4 is 0 Å². The molecule has 0 N–H and O–H groups in total. The Morgan fingerprint density at radius 1 is 1.00 bits per heavy atom. The molecule has 0 aromatic rings. The third-order valence-electron chi connectivity index (χ3n) is 4.24. The zero-order chi connectivity index (χ0) is 11.1. The summed E-state index contributed by atoms with van der Waals surface area (Å²) < 4.78 is 0. The van der Waals surface area contributed by atoms with Crippen molar-refractivity contribution in [1.82, 2.24) is 9.80 Å². The Balaban J connectivity index is 2.04. The van der Waals surface area contributed by atoms with Crippen molar-refractivity contribution in [2.24, 2.45) is 5.41 Å². The van der Waals surface area contributed by atoms with Crippen molar-refractivity contribution in [1.29, 1.82) is 0 Å². The molecule has 1 spiro atoms. The molecule has 1 atom stereocenters. The third-order valence-corrected chi connectivity index (χ3v) is 4.24. The summed E-state index contributed by atoms with van der Waals surface area (Å²) >= 11 is 0. The maximum atomic E-state index is 2.69. The van der Waals surface area contributed by atoms with Crippen LogP contribution in [-0.2, 0) is 0 Å². The van der Waals surface area contributed by atoms with Gasteiger partial charge in [-0.3, -0.25) is 4.90 Å². The SMILES string of the molecule is CN1CCC2(CCCN(C(C)(C)C)C2)C1. The lowest BCUT2D eigenvalue weighted by Crippen LogP contribution is -2.52. The Bertz CT molecular complexity index is 227. The molecular formula is C13H26N2. The van der Waals surface area contributed by atoms with E-state index in [-0.39, 0.29) is 0 Å². The largest absolute Gasteiger partial charge is 0.306 e. The fraction of sp³-hybridized carbons (Fsp3) is 1.00. The smallest absolute Gasteiger partial charge is 0.0125 e. The molecule has 2 rings (SSSR count). The Morgan fingerprint density at radius 2 is 1.73 bits per heavy atom. The summed E-state index contributed by atoms with van der Waals surface area (Å²) in [4.78, 5) is 5.20. The van der Waals surface area contributed by atoms with E-state index in [4.69, 9.17) is 0 Å². The van der Waals surface area contributed by atoms with Crippen LogP contribution in [0, 0.1) is 5.41 Å². The lowest BCUT2D eigenvalue weighted by Gasteiger charge is -2.46. The summed E-state index contributed by atoms with van der Waals surface area (Å²) in [5.41, 5.74) is 0.981. The molecule has 2 saturated heterocycles. The molecule has 0 amide bonds. The molecule has 2 aliphatic heterocycles. The van der Waals surface area contributed by atoms with Crippen LogP contribution in [0.25, 0.3) is 0 Å². The van der Waals surface area contributed by atoms with Crippen LogP contribution in [0.4, 0.5) is 0 Å². The van der Waals surface area contributed by atoms with E-state index >= 15 is 0 Å². The highest BCUT2D eigenvalue weighted by atomic mass is 15.2. The first kappa shape index (κ1) is 11.4. The molecule has 0 aromatic heterocycles. The summed E-state index contributed by atoms with van der Waals surface area (Å²) in [5.74, 6) is 0. The first-order valence-corrected chi connectivity index (χ1v) is 6.35. The minimum absolute atomic E-state index is 0.356. The van der Waals surface area contributed by atoms with E-state index in [0.717, 1.165) is 0 Å². The van der Waals surface area contributed by atoms with Gasteiger partial charge in [-0.15, -0.1) is 0 Å². The molecule has 2 fully saturated rings. The summed E-state index contributed by atoms with van der Waals surface area (Å²) in [6.45, 7) is 12.3. The second kappa shape index (κ2) is 3.74. The molecule has 15 heavy (non-hydrogen) atoms. The van der Waals surface area contributed by atoms with Crippen LogP contribution < -0.4 is 0 Å². The van der Waals surface area contributed by atoms with E-state index < -0.39 is 0 Å². The van der Waals surface area contributed by atoms with E-state index in [9.17, 15) is 0 Å². The summed E-state index contributed by atoms with van der Waals surface area (Å²) in [6.07, 6.45) is 4.26. The number of hydrogen-bond donors (Lipinski definition) is 0. The molecule has 1 unspecified atom stereocenters. The van der Waals surface area contributed by atoms with Gasteiger partial charge in [-0.1, -0.05) is 0 Å². The van der Waals surface area contributed by atoms with E-state index in [1.165, 1.54) is 45.4 Å². The van der Waals surface area contributed by atoms with Gasteiger partial charge in [0.1, 0.15) is 0 Å². The molecule has 0 bridgehead atoms. The molecule has 2 aliphatic rings. The summed E-state index contributed by atoms with van der Waals surface area (Å²) in [6, 6.07) is 0. The second-order valence-electron chi connectivity index (χ2n) is 6.68. The van der Waals surface area contributed by atoms with Crippen LogP contribution in [0.3, 0.4) is 0 Å². The molecule has 0 saturated carbocycles. The standard InChI is InChI=1S/C13H26N2/c1-12(2,3)15-8-5-6-13(11-15)7-9-14(4)10-13/h5-11H2,1-4H3. The van der Waals surface area contributed by atoms with Crippen LogP contribution in [0.2, 0.25) is 0 Å². The minimum atomic E-state index is 0.356.